The number of hydrogen-bond acceptors (Lipinski definition) is 5. The highest BCUT2D eigenvalue weighted by Crippen LogP contribution is 2.19. The zero-order chi connectivity index (χ0) is 14.6. The fraction of sp³-hybridized carbons (Fsp3) is 0.375. The van der Waals surface area contributed by atoms with Crippen LogP contribution in [0.3, 0.4) is 0 Å². The number of amides is 3. The molecule has 0 atom stereocenters. The number of nitrogens with one attached hydrogen (secondary N) is 2. The third-order valence-corrected chi connectivity index (χ3v) is 1.81. The number of carbonyl (C=O) groups is 3. The summed E-state index contributed by atoms with van der Waals surface area (Å²) in [4.78, 5) is 32.7. The highest BCUT2D eigenvalue weighted by atomic mass is 19.4. The number of aromatic nitrogens is 3. The van der Waals surface area contributed by atoms with Crippen LogP contribution in [0.4, 0.5) is 18.0 Å². The normalized spacial score (nSPS) is 10.9. The van der Waals surface area contributed by atoms with Gasteiger partial charge in [0.05, 0.1) is 6.20 Å². The van der Waals surface area contributed by atoms with Gasteiger partial charge >= 0.3 is 12.2 Å². The molecule has 1 rings (SSSR count). The van der Waals surface area contributed by atoms with E-state index in [0.29, 0.717) is 10.9 Å². The minimum absolute atomic E-state index is 0.550. The van der Waals surface area contributed by atoms with Crippen LogP contribution in [0.2, 0.25) is 0 Å². The van der Waals surface area contributed by atoms with Crippen molar-refractivity contribution in [3.05, 3.63) is 11.9 Å². The van der Waals surface area contributed by atoms with E-state index in [2.05, 4.69) is 15.6 Å². The molecule has 104 valence electrons. The van der Waals surface area contributed by atoms with Crippen molar-refractivity contribution in [2.24, 2.45) is 0 Å². The average Bonchev–Trinajstić information content (AvgIpc) is 2.74. The van der Waals surface area contributed by atoms with E-state index in [-0.39, 0.29) is 0 Å². The van der Waals surface area contributed by atoms with Crippen molar-refractivity contribution in [1.29, 1.82) is 0 Å². The smallest absolute Gasteiger partial charge is 0.341 e. The Balaban J connectivity index is 2.68. The molecule has 0 saturated carbocycles. The van der Waals surface area contributed by atoms with Gasteiger partial charge in [0.2, 0.25) is 5.91 Å². The maximum Gasteiger partial charge on any atom is 0.456 e. The first-order valence-corrected chi connectivity index (χ1v) is 4.77. The molecule has 11 heteroatoms. The van der Waals surface area contributed by atoms with E-state index in [1.54, 1.807) is 0 Å². The number of halogens is 3. The lowest BCUT2D eigenvalue weighted by atomic mass is 10.3. The molecule has 0 aromatic carbocycles. The number of rotatable bonds is 3. The molecular weight excluding hydrogens is 271 g/mol. The van der Waals surface area contributed by atoms with E-state index in [4.69, 9.17) is 0 Å². The molecule has 1 aromatic rings. The molecule has 2 N–H and O–H groups in total. The highest BCUT2D eigenvalue weighted by Gasteiger charge is 2.41. The van der Waals surface area contributed by atoms with Crippen molar-refractivity contribution in [3.63, 3.8) is 0 Å². The van der Waals surface area contributed by atoms with Crippen LogP contribution >= 0.6 is 0 Å². The number of urea groups is 1. The number of alkyl halides is 3. The number of Topliss-reactive ketones (excluding diaryl/α,β-unsaturated/α-hetero) is 1. The predicted octanol–water partition coefficient (Wildman–Crippen LogP) is -0.521. The van der Waals surface area contributed by atoms with Crippen molar-refractivity contribution in [2.45, 2.75) is 12.7 Å². The molecule has 0 aliphatic rings. The third-order valence-electron chi connectivity index (χ3n) is 1.81. The Morgan fingerprint density at radius 1 is 1.37 bits per heavy atom. The van der Waals surface area contributed by atoms with Crippen LogP contribution in [0.5, 0.6) is 0 Å². The van der Waals surface area contributed by atoms with Gasteiger partial charge in [0, 0.05) is 7.05 Å². The summed E-state index contributed by atoms with van der Waals surface area (Å²) in [7, 11) is 1.28. The van der Waals surface area contributed by atoms with Crippen LogP contribution in [0, 0.1) is 0 Å². The number of nitrogens with zero attached hydrogens (tertiary/aromatic N) is 3. The summed E-state index contributed by atoms with van der Waals surface area (Å²) in [6.45, 7) is -0.550. The summed E-state index contributed by atoms with van der Waals surface area (Å²) < 4.78 is 36.9. The molecule has 0 fully saturated rings. The largest absolute Gasteiger partial charge is 0.456 e. The van der Waals surface area contributed by atoms with Crippen molar-refractivity contribution in [2.75, 3.05) is 7.05 Å². The van der Waals surface area contributed by atoms with Gasteiger partial charge in [0.15, 0.2) is 5.69 Å². The molecule has 19 heavy (non-hydrogen) atoms. The van der Waals surface area contributed by atoms with Gasteiger partial charge in [-0.2, -0.15) is 13.2 Å². The molecule has 0 spiro atoms. The lowest BCUT2D eigenvalue weighted by Gasteiger charge is -2.02. The quantitative estimate of drug-likeness (QED) is 0.724. The number of ketones is 1. The van der Waals surface area contributed by atoms with Gasteiger partial charge in [-0.1, -0.05) is 5.21 Å². The molecule has 0 saturated heterocycles. The summed E-state index contributed by atoms with van der Waals surface area (Å²) in [6.07, 6.45) is -4.40. The SMILES string of the molecule is CNC(=O)NC(=O)Cn1cc(C(=O)C(F)(F)F)nn1. The first-order valence-electron chi connectivity index (χ1n) is 4.77. The Labute approximate surface area is 103 Å². The number of hydrogen-bond donors (Lipinski definition) is 2. The Morgan fingerprint density at radius 2 is 2.00 bits per heavy atom. The van der Waals surface area contributed by atoms with E-state index >= 15 is 0 Å². The van der Waals surface area contributed by atoms with E-state index in [9.17, 15) is 27.6 Å². The van der Waals surface area contributed by atoms with E-state index in [1.807, 2.05) is 5.32 Å². The maximum absolute atomic E-state index is 12.1. The number of imide groups is 1. The summed E-state index contributed by atoms with van der Waals surface area (Å²) in [5.41, 5.74) is -0.930. The lowest BCUT2D eigenvalue weighted by Crippen LogP contribution is -2.39. The molecule has 0 aliphatic heterocycles. The fourth-order valence-corrected chi connectivity index (χ4v) is 1.00. The monoisotopic (exact) mass is 279 g/mol. The maximum atomic E-state index is 12.1. The Bertz CT molecular complexity index is 510. The molecule has 0 radical (unpaired) electrons. The van der Waals surface area contributed by atoms with Crippen LogP contribution in [-0.2, 0) is 11.3 Å². The van der Waals surface area contributed by atoms with Crippen molar-refractivity contribution >= 4 is 17.7 Å². The van der Waals surface area contributed by atoms with E-state index in [0.717, 1.165) is 0 Å². The molecule has 3 amide bonds. The first kappa shape index (κ1) is 14.6. The van der Waals surface area contributed by atoms with Gasteiger partial charge in [-0.25, -0.2) is 9.48 Å². The minimum Gasteiger partial charge on any atom is -0.341 e. The first-order chi connectivity index (χ1) is 8.74. The lowest BCUT2D eigenvalue weighted by molar-refractivity contribution is -0.120. The Hall–Kier alpha value is -2.46. The predicted molar refractivity (Wildman–Crippen MR) is 53.0 cm³/mol. The third kappa shape index (κ3) is 4.04. The topological polar surface area (TPSA) is 106 Å². The van der Waals surface area contributed by atoms with Gasteiger partial charge in [-0.15, -0.1) is 5.10 Å². The molecule has 0 bridgehead atoms. The molecule has 0 aliphatic carbocycles. The molecule has 1 aromatic heterocycles. The Morgan fingerprint density at radius 3 is 2.53 bits per heavy atom. The van der Waals surface area contributed by atoms with Crippen LogP contribution in [0.25, 0.3) is 0 Å². The van der Waals surface area contributed by atoms with Gasteiger partial charge in [-0.3, -0.25) is 14.9 Å². The van der Waals surface area contributed by atoms with Crippen molar-refractivity contribution < 1.29 is 27.6 Å². The second kappa shape index (κ2) is 5.46. The highest BCUT2D eigenvalue weighted by molar-refractivity contribution is 5.98. The van der Waals surface area contributed by atoms with Gasteiger partial charge in [0.1, 0.15) is 6.54 Å². The molecule has 0 unspecified atom stereocenters. The summed E-state index contributed by atoms with van der Waals surface area (Å²) in [5, 5.41) is 10.1. The average molecular weight is 279 g/mol. The summed E-state index contributed by atoms with van der Waals surface area (Å²) >= 11 is 0. The van der Waals surface area contributed by atoms with Gasteiger partial charge < -0.3 is 5.32 Å². The molecule has 8 nitrogen and oxygen atoms in total. The van der Waals surface area contributed by atoms with Gasteiger partial charge in [0.25, 0.3) is 5.78 Å². The molecule has 1 heterocycles. The minimum atomic E-state index is -5.06. The Kier molecular flexibility index (Phi) is 4.19. The van der Waals surface area contributed by atoms with Crippen molar-refractivity contribution in [3.8, 4) is 0 Å². The van der Waals surface area contributed by atoms with Crippen LogP contribution in [-0.4, -0.2) is 45.9 Å². The van der Waals surface area contributed by atoms with Crippen LogP contribution in [0.15, 0.2) is 6.20 Å². The zero-order valence-corrected chi connectivity index (χ0v) is 9.48. The second-order valence-corrected chi connectivity index (χ2v) is 3.26. The fourth-order valence-electron chi connectivity index (χ4n) is 1.00. The standard InChI is InChI=1S/C8H8F3N5O3/c1-12-7(19)13-5(17)3-16-2-4(14-15-16)6(18)8(9,10)11/h2H,3H2,1H3,(H2,12,13,17,19). The van der Waals surface area contributed by atoms with E-state index < -0.39 is 36.1 Å². The number of carbonyl (C=O) groups excluding carboxylic acids is 3. The van der Waals surface area contributed by atoms with E-state index in [1.165, 1.54) is 7.05 Å². The second-order valence-electron chi connectivity index (χ2n) is 3.26. The van der Waals surface area contributed by atoms with Gasteiger partial charge in [-0.05, 0) is 0 Å². The summed E-state index contributed by atoms with van der Waals surface area (Å²) in [5.74, 6) is -2.99. The summed E-state index contributed by atoms with van der Waals surface area (Å²) in [6, 6.07) is -0.781. The zero-order valence-electron chi connectivity index (χ0n) is 9.48. The molecular formula is C8H8F3N5O3. The van der Waals surface area contributed by atoms with Crippen LogP contribution < -0.4 is 10.6 Å². The van der Waals surface area contributed by atoms with Crippen LogP contribution in [0.1, 0.15) is 10.5 Å². The van der Waals surface area contributed by atoms with Crippen molar-refractivity contribution in [1.82, 2.24) is 25.6 Å².